The molecule has 0 bridgehead atoms. The predicted molar refractivity (Wildman–Crippen MR) is 111 cm³/mol. The zero-order valence-corrected chi connectivity index (χ0v) is 16.3. The number of fused-ring (bicyclic) bond motifs is 1. The Kier molecular flexibility index (Phi) is 4.84. The van der Waals surface area contributed by atoms with E-state index in [2.05, 4.69) is 15.4 Å². The van der Waals surface area contributed by atoms with Gasteiger partial charge in [-0.2, -0.15) is 0 Å². The number of nitrogens with zero attached hydrogens (tertiary/aromatic N) is 3. The highest BCUT2D eigenvalue weighted by Gasteiger charge is 2.26. The van der Waals surface area contributed by atoms with E-state index in [0.717, 1.165) is 5.56 Å². The van der Waals surface area contributed by atoms with Gasteiger partial charge in [0.25, 0.3) is 0 Å². The minimum atomic E-state index is -0.361. The van der Waals surface area contributed by atoms with E-state index in [1.807, 2.05) is 44.2 Å². The van der Waals surface area contributed by atoms with E-state index < -0.39 is 0 Å². The Hall–Kier alpha value is -3.54. The van der Waals surface area contributed by atoms with Crippen molar-refractivity contribution < 1.29 is 9.18 Å². The van der Waals surface area contributed by atoms with Gasteiger partial charge in [-0.1, -0.05) is 56.3 Å². The van der Waals surface area contributed by atoms with Crippen LogP contribution in [-0.4, -0.2) is 20.5 Å². The van der Waals surface area contributed by atoms with Crippen molar-refractivity contribution in [3.8, 4) is 11.1 Å². The summed E-state index contributed by atoms with van der Waals surface area (Å²) in [6, 6.07) is 17.8. The third kappa shape index (κ3) is 3.87. The van der Waals surface area contributed by atoms with Gasteiger partial charge in [0, 0.05) is 18.8 Å². The van der Waals surface area contributed by atoms with E-state index in [4.69, 9.17) is 0 Å². The molecule has 0 aliphatic rings. The van der Waals surface area contributed by atoms with Crippen LogP contribution < -0.4 is 5.32 Å². The van der Waals surface area contributed by atoms with Gasteiger partial charge in [-0.3, -0.25) is 4.79 Å². The van der Waals surface area contributed by atoms with E-state index in [1.165, 1.54) is 12.1 Å². The summed E-state index contributed by atoms with van der Waals surface area (Å²) < 4.78 is 15.4. The highest BCUT2D eigenvalue weighted by Crippen LogP contribution is 2.32. The molecule has 2 aromatic heterocycles. The van der Waals surface area contributed by atoms with Crippen molar-refractivity contribution >= 4 is 17.4 Å². The van der Waals surface area contributed by atoms with E-state index in [9.17, 15) is 9.18 Å². The van der Waals surface area contributed by atoms with Gasteiger partial charge in [0.05, 0.1) is 5.56 Å². The van der Waals surface area contributed by atoms with Crippen LogP contribution in [0.4, 0.5) is 10.2 Å². The lowest BCUT2D eigenvalue weighted by molar-refractivity contribution is -0.117. The molecule has 0 fully saturated rings. The van der Waals surface area contributed by atoms with Gasteiger partial charge < -0.3 is 5.32 Å². The second-order valence-corrected chi connectivity index (χ2v) is 7.60. The molecular weight excluding hydrogens is 367 g/mol. The number of rotatable bonds is 5. The molecule has 0 aliphatic carbocycles. The maximum Gasteiger partial charge on any atom is 0.226 e. The number of anilines is 1. The average molecular weight is 388 g/mol. The van der Waals surface area contributed by atoms with Crippen molar-refractivity contribution in [2.24, 2.45) is 0 Å². The van der Waals surface area contributed by atoms with Crippen LogP contribution in [0.25, 0.3) is 16.8 Å². The summed E-state index contributed by atoms with van der Waals surface area (Å²) in [4.78, 5) is 17.2. The minimum absolute atomic E-state index is 0.167. The molecular formula is C23H21FN4O. The largest absolute Gasteiger partial charge is 0.309 e. The Balaban J connectivity index is 1.68. The molecule has 0 saturated heterocycles. The van der Waals surface area contributed by atoms with Crippen LogP contribution in [0.5, 0.6) is 0 Å². The molecule has 0 unspecified atom stereocenters. The highest BCUT2D eigenvalue weighted by atomic mass is 19.1. The summed E-state index contributed by atoms with van der Waals surface area (Å²) in [5, 5.41) is 7.37. The molecule has 2 aromatic carbocycles. The Labute approximate surface area is 168 Å². The molecule has 0 aliphatic heterocycles. The third-order valence-corrected chi connectivity index (χ3v) is 4.92. The smallest absolute Gasteiger partial charge is 0.226 e. The molecule has 5 nitrogen and oxygen atoms in total. The molecule has 1 N–H and O–H groups in total. The van der Waals surface area contributed by atoms with E-state index in [1.54, 1.807) is 35.1 Å². The maximum atomic E-state index is 13.8. The first-order valence-corrected chi connectivity index (χ1v) is 9.39. The quantitative estimate of drug-likeness (QED) is 0.532. The number of benzene rings is 2. The van der Waals surface area contributed by atoms with Crippen molar-refractivity contribution in [2.75, 3.05) is 5.32 Å². The maximum absolute atomic E-state index is 13.8. The standard InChI is InChI=1S/C23H21FN4O/c1-23(2,17-9-4-3-5-10-17)15-19(29)26-21-20(16-8-6-11-18(24)14-16)22-25-12-7-13-28(22)27-21/h3-14H,15H2,1-2H3,(H,26,27,29). The molecule has 2 heterocycles. The van der Waals surface area contributed by atoms with Crippen LogP contribution in [0.2, 0.25) is 0 Å². The average Bonchev–Trinajstić information content (AvgIpc) is 3.05. The van der Waals surface area contributed by atoms with Gasteiger partial charge in [0.1, 0.15) is 5.82 Å². The molecule has 29 heavy (non-hydrogen) atoms. The fourth-order valence-electron chi connectivity index (χ4n) is 3.45. The van der Waals surface area contributed by atoms with Crippen molar-refractivity contribution in [1.29, 1.82) is 0 Å². The zero-order valence-electron chi connectivity index (χ0n) is 16.3. The second-order valence-electron chi connectivity index (χ2n) is 7.60. The van der Waals surface area contributed by atoms with Crippen LogP contribution in [-0.2, 0) is 10.2 Å². The lowest BCUT2D eigenvalue weighted by Gasteiger charge is -2.24. The summed E-state index contributed by atoms with van der Waals surface area (Å²) in [6.45, 7) is 4.06. The normalized spacial score (nSPS) is 11.6. The van der Waals surface area contributed by atoms with Gasteiger partial charge in [-0.05, 0) is 34.7 Å². The number of hydrogen-bond donors (Lipinski definition) is 1. The molecule has 4 rings (SSSR count). The monoisotopic (exact) mass is 388 g/mol. The summed E-state index contributed by atoms with van der Waals surface area (Å²) in [7, 11) is 0. The third-order valence-electron chi connectivity index (χ3n) is 4.92. The van der Waals surface area contributed by atoms with Crippen molar-refractivity contribution in [3.05, 3.63) is 84.4 Å². The number of carbonyl (C=O) groups excluding carboxylic acids is 1. The highest BCUT2D eigenvalue weighted by molar-refractivity contribution is 5.98. The Morgan fingerprint density at radius 2 is 1.90 bits per heavy atom. The summed E-state index contributed by atoms with van der Waals surface area (Å²) in [5.74, 6) is -0.164. The van der Waals surface area contributed by atoms with E-state index >= 15 is 0 Å². The summed E-state index contributed by atoms with van der Waals surface area (Å²) >= 11 is 0. The molecule has 1 amide bonds. The van der Waals surface area contributed by atoms with E-state index in [0.29, 0.717) is 22.6 Å². The molecule has 146 valence electrons. The minimum Gasteiger partial charge on any atom is -0.309 e. The molecule has 0 atom stereocenters. The molecule has 6 heteroatoms. The lowest BCUT2D eigenvalue weighted by atomic mass is 9.81. The van der Waals surface area contributed by atoms with Gasteiger partial charge in [-0.15, -0.1) is 5.10 Å². The second kappa shape index (κ2) is 7.47. The Morgan fingerprint density at radius 1 is 1.10 bits per heavy atom. The topological polar surface area (TPSA) is 59.3 Å². The van der Waals surface area contributed by atoms with Crippen molar-refractivity contribution in [2.45, 2.75) is 25.7 Å². The number of nitrogens with one attached hydrogen (secondary N) is 1. The first kappa shape index (κ1) is 18.8. The fourth-order valence-corrected chi connectivity index (χ4v) is 3.45. The van der Waals surface area contributed by atoms with Crippen LogP contribution in [0.15, 0.2) is 73.1 Å². The first-order chi connectivity index (χ1) is 13.9. The Morgan fingerprint density at radius 3 is 2.66 bits per heavy atom. The van der Waals surface area contributed by atoms with Crippen molar-refractivity contribution in [3.63, 3.8) is 0 Å². The number of carbonyl (C=O) groups is 1. The van der Waals surface area contributed by atoms with Crippen molar-refractivity contribution in [1.82, 2.24) is 14.6 Å². The predicted octanol–water partition coefficient (Wildman–Crippen LogP) is 4.84. The van der Waals surface area contributed by atoms with Crippen LogP contribution in [0.1, 0.15) is 25.8 Å². The number of amides is 1. The fraction of sp³-hybridized carbons (Fsp3) is 0.174. The van der Waals surface area contributed by atoms with Gasteiger partial charge >= 0.3 is 0 Å². The van der Waals surface area contributed by atoms with Gasteiger partial charge in [0.15, 0.2) is 11.5 Å². The number of hydrogen-bond acceptors (Lipinski definition) is 3. The molecule has 0 saturated carbocycles. The zero-order chi connectivity index (χ0) is 20.4. The Bertz CT molecular complexity index is 1170. The van der Waals surface area contributed by atoms with Crippen LogP contribution >= 0.6 is 0 Å². The number of halogens is 1. The van der Waals surface area contributed by atoms with E-state index in [-0.39, 0.29) is 23.6 Å². The van der Waals surface area contributed by atoms with Crippen LogP contribution in [0, 0.1) is 5.82 Å². The SMILES string of the molecule is CC(C)(CC(=O)Nc1nn2cccnc2c1-c1cccc(F)c1)c1ccccc1. The summed E-state index contributed by atoms with van der Waals surface area (Å²) in [6.07, 6.45) is 3.67. The molecule has 4 aromatic rings. The first-order valence-electron chi connectivity index (χ1n) is 9.39. The molecule has 0 spiro atoms. The summed E-state index contributed by atoms with van der Waals surface area (Å²) in [5.41, 5.74) is 2.49. The lowest BCUT2D eigenvalue weighted by Crippen LogP contribution is -2.26. The van der Waals surface area contributed by atoms with Crippen LogP contribution in [0.3, 0.4) is 0 Å². The molecule has 0 radical (unpaired) electrons. The number of aromatic nitrogens is 3. The van der Waals surface area contributed by atoms with Gasteiger partial charge in [-0.25, -0.2) is 13.9 Å². The van der Waals surface area contributed by atoms with Gasteiger partial charge in [0.2, 0.25) is 5.91 Å².